The van der Waals surface area contributed by atoms with Crippen LogP contribution in [0.25, 0.3) is 0 Å². The number of carbonyl (C=O) groups excluding carboxylic acids is 1. The van der Waals surface area contributed by atoms with Crippen molar-refractivity contribution in [1.29, 1.82) is 5.26 Å². The van der Waals surface area contributed by atoms with E-state index in [0.29, 0.717) is 24.7 Å². The molecule has 0 fully saturated rings. The SMILES string of the molecule is CCCCOc1ccc(CNC(=O)CC#N)cc1OC. The second-order valence-corrected chi connectivity index (χ2v) is 4.30. The van der Waals surface area contributed by atoms with E-state index in [4.69, 9.17) is 14.7 Å². The molecule has 1 aromatic carbocycles. The molecule has 1 N–H and O–H groups in total. The van der Waals surface area contributed by atoms with Crippen molar-refractivity contribution in [3.63, 3.8) is 0 Å². The van der Waals surface area contributed by atoms with Crippen molar-refractivity contribution in [3.05, 3.63) is 23.8 Å². The fourth-order valence-electron chi connectivity index (χ4n) is 1.60. The van der Waals surface area contributed by atoms with E-state index < -0.39 is 0 Å². The van der Waals surface area contributed by atoms with Crippen molar-refractivity contribution in [3.8, 4) is 17.6 Å². The highest BCUT2D eigenvalue weighted by Gasteiger charge is 2.07. The number of hydrogen-bond donors (Lipinski definition) is 1. The fourth-order valence-corrected chi connectivity index (χ4v) is 1.60. The average Bonchev–Trinajstić information content (AvgIpc) is 2.46. The zero-order chi connectivity index (χ0) is 14.8. The van der Waals surface area contributed by atoms with Gasteiger partial charge in [-0.05, 0) is 24.1 Å². The molecule has 5 heteroatoms. The van der Waals surface area contributed by atoms with Gasteiger partial charge in [0.05, 0.1) is 19.8 Å². The van der Waals surface area contributed by atoms with Crippen molar-refractivity contribution in [2.24, 2.45) is 0 Å². The van der Waals surface area contributed by atoms with Crippen LogP contribution in [0.1, 0.15) is 31.7 Å². The molecule has 0 atom stereocenters. The topological polar surface area (TPSA) is 71.3 Å². The Labute approximate surface area is 119 Å². The summed E-state index contributed by atoms with van der Waals surface area (Å²) in [5, 5.41) is 11.1. The summed E-state index contributed by atoms with van der Waals surface area (Å²) in [7, 11) is 1.58. The van der Waals surface area contributed by atoms with Gasteiger partial charge in [-0.3, -0.25) is 4.79 Å². The van der Waals surface area contributed by atoms with Gasteiger partial charge in [-0.1, -0.05) is 19.4 Å². The number of nitriles is 1. The minimum atomic E-state index is -0.283. The van der Waals surface area contributed by atoms with Crippen LogP contribution in [0.4, 0.5) is 0 Å². The average molecular weight is 276 g/mol. The molecule has 1 amide bonds. The molecule has 0 aliphatic rings. The summed E-state index contributed by atoms with van der Waals surface area (Å²) in [5.74, 6) is 1.07. The third kappa shape index (κ3) is 5.19. The number of rotatable bonds is 8. The number of hydrogen-bond acceptors (Lipinski definition) is 4. The zero-order valence-corrected chi connectivity index (χ0v) is 11.9. The van der Waals surface area contributed by atoms with Gasteiger partial charge in [-0.15, -0.1) is 0 Å². The highest BCUT2D eigenvalue weighted by molar-refractivity contribution is 5.77. The van der Waals surface area contributed by atoms with Crippen LogP contribution in [0.3, 0.4) is 0 Å². The molecule has 1 aromatic rings. The number of nitrogens with zero attached hydrogens (tertiary/aromatic N) is 1. The van der Waals surface area contributed by atoms with Gasteiger partial charge in [-0.25, -0.2) is 0 Å². The molecular formula is C15H20N2O3. The summed E-state index contributed by atoms with van der Waals surface area (Å²) in [4.78, 5) is 11.2. The van der Waals surface area contributed by atoms with Crippen molar-refractivity contribution in [2.75, 3.05) is 13.7 Å². The standard InChI is InChI=1S/C15H20N2O3/c1-3-4-9-20-13-6-5-12(10-14(13)19-2)11-17-15(18)7-8-16/h5-6,10H,3-4,7,9,11H2,1-2H3,(H,17,18). The molecule has 0 aliphatic heterocycles. The van der Waals surface area contributed by atoms with Gasteiger partial charge in [0.15, 0.2) is 11.5 Å². The maximum atomic E-state index is 11.2. The summed E-state index contributed by atoms with van der Waals surface area (Å²) in [6, 6.07) is 7.34. The summed E-state index contributed by atoms with van der Waals surface area (Å²) in [5.41, 5.74) is 0.899. The first-order valence-corrected chi connectivity index (χ1v) is 6.64. The number of carbonyl (C=O) groups is 1. The number of ether oxygens (including phenoxy) is 2. The molecule has 1 rings (SSSR count). The maximum absolute atomic E-state index is 11.2. The van der Waals surface area contributed by atoms with Crippen molar-refractivity contribution in [1.82, 2.24) is 5.32 Å². The molecule has 0 saturated carbocycles. The number of benzene rings is 1. The quantitative estimate of drug-likeness (QED) is 0.740. The first-order valence-electron chi connectivity index (χ1n) is 6.64. The molecule has 0 bridgehead atoms. The molecule has 0 heterocycles. The van der Waals surface area contributed by atoms with Crippen LogP contribution >= 0.6 is 0 Å². The Hall–Kier alpha value is -2.22. The molecule has 0 unspecified atom stereocenters. The lowest BCUT2D eigenvalue weighted by atomic mass is 10.2. The number of methoxy groups -OCH3 is 1. The van der Waals surface area contributed by atoms with Crippen LogP contribution < -0.4 is 14.8 Å². The predicted molar refractivity (Wildman–Crippen MR) is 75.5 cm³/mol. The van der Waals surface area contributed by atoms with E-state index in [0.717, 1.165) is 18.4 Å². The van der Waals surface area contributed by atoms with E-state index >= 15 is 0 Å². The van der Waals surface area contributed by atoms with Gasteiger partial charge in [0.25, 0.3) is 0 Å². The number of amides is 1. The minimum absolute atomic E-state index is 0.130. The van der Waals surface area contributed by atoms with E-state index in [1.54, 1.807) is 7.11 Å². The van der Waals surface area contributed by atoms with E-state index in [9.17, 15) is 4.79 Å². The first-order chi connectivity index (χ1) is 9.71. The van der Waals surface area contributed by atoms with Gasteiger partial charge in [0, 0.05) is 6.54 Å². The van der Waals surface area contributed by atoms with Crippen LogP contribution in [0.5, 0.6) is 11.5 Å². The third-order valence-electron chi connectivity index (χ3n) is 2.71. The lowest BCUT2D eigenvalue weighted by Crippen LogP contribution is -2.21. The molecule has 5 nitrogen and oxygen atoms in total. The van der Waals surface area contributed by atoms with E-state index in [2.05, 4.69) is 12.2 Å². The Morgan fingerprint density at radius 1 is 1.40 bits per heavy atom. The van der Waals surface area contributed by atoms with Crippen LogP contribution in [-0.4, -0.2) is 19.6 Å². The number of nitrogens with one attached hydrogen (secondary N) is 1. The summed E-state index contributed by atoms with van der Waals surface area (Å²) in [6.07, 6.45) is 1.94. The van der Waals surface area contributed by atoms with Crippen molar-refractivity contribution < 1.29 is 14.3 Å². The molecule has 0 radical (unpaired) electrons. The molecular weight excluding hydrogens is 256 g/mol. The molecule has 108 valence electrons. The lowest BCUT2D eigenvalue weighted by Gasteiger charge is -2.12. The van der Waals surface area contributed by atoms with E-state index in [-0.39, 0.29) is 12.3 Å². The molecule has 0 spiro atoms. The monoisotopic (exact) mass is 276 g/mol. The molecule has 0 aliphatic carbocycles. The Morgan fingerprint density at radius 2 is 2.20 bits per heavy atom. The zero-order valence-electron chi connectivity index (χ0n) is 11.9. The molecule has 0 saturated heterocycles. The molecule has 0 aromatic heterocycles. The van der Waals surface area contributed by atoms with Crippen LogP contribution in [0, 0.1) is 11.3 Å². The van der Waals surface area contributed by atoms with Gasteiger partial charge >= 0.3 is 0 Å². The maximum Gasteiger partial charge on any atom is 0.234 e. The molecule has 20 heavy (non-hydrogen) atoms. The largest absolute Gasteiger partial charge is 0.493 e. The highest BCUT2D eigenvalue weighted by atomic mass is 16.5. The summed E-state index contributed by atoms with van der Waals surface area (Å²) < 4.78 is 10.9. The van der Waals surface area contributed by atoms with Crippen LogP contribution in [0.15, 0.2) is 18.2 Å². The minimum Gasteiger partial charge on any atom is -0.493 e. The van der Waals surface area contributed by atoms with Crippen LogP contribution in [0.2, 0.25) is 0 Å². The van der Waals surface area contributed by atoms with E-state index in [1.165, 1.54) is 0 Å². The van der Waals surface area contributed by atoms with Gasteiger partial charge < -0.3 is 14.8 Å². The Balaban J connectivity index is 2.62. The second-order valence-electron chi connectivity index (χ2n) is 4.30. The number of unbranched alkanes of at least 4 members (excludes halogenated alkanes) is 1. The van der Waals surface area contributed by atoms with Crippen molar-refractivity contribution >= 4 is 5.91 Å². The Bertz CT molecular complexity index is 480. The van der Waals surface area contributed by atoms with Gasteiger partial charge in [0.2, 0.25) is 5.91 Å². The Morgan fingerprint density at radius 3 is 2.85 bits per heavy atom. The normalized spacial score (nSPS) is 9.65. The fraction of sp³-hybridized carbons (Fsp3) is 0.467. The third-order valence-corrected chi connectivity index (χ3v) is 2.71. The van der Waals surface area contributed by atoms with Crippen LogP contribution in [-0.2, 0) is 11.3 Å². The Kier molecular flexibility index (Phi) is 6.97. The lowest BCUT2D eigenvalue weighted by molar-refractivity contribution is -0.120. The second kappa shape index (κ2) is 8.81. The highest BCUT2D eigenvalue weighted by Crippen LogP contribution is 2.28. The van der Waals surface area contributed by atoms with Gasteiger partial charge in [0.1, 0.15) is 6.42 Å². The predicted octanol–water partition coefficient (Wildman–Crippen LogP) is 2.40. The summed E-state index contributed by atoms with van der Waals surface area (Å²) in [6.45, 7) is 3.13. The first kappa shape index (κ1) is 15.8. The smallest absolute Gasteiger partial charge is 0.234 e. The summed E-state index contributed by atoms with van der Waals surface area (Å²) >= 11 is 0. The van der Waals surface area contributed by atoms with E-state index in [1.807, 2.05) is 24.3 Å². The van der Waals surface area contributed by atoms with Gasteiger partial charge in [-0.2, -0.15) is 5.26 Å². The van der Waals surface area contributed by atoms with Crippen molar-refractivity contribution in [2.45, 2.75) is 32.7 Å².